The largest absolute Gasteiger partial charge is 0.348 e. The summed E-state index contributed by atoms with van der Waals surface area (Å²) in [6, 6.07) is 20.3. The van der Waals surface area contributed by atoms with Gasteiger partial charge in [-0.1, -0.05) is 59.8 Å². The zero-order valence-electron chi connectivity index (χ0n) is 23.1. The van der Waals surface area contributed by atoms with Crippen molar-refractivity contribution >= 4 is 40.6 Å². The number of piperidine rings is 1. The Morgan fingerprint density at radius 2 is 1.86 bits per heavy atom. The molecule has 1 aliphatic heterocycles. The lowest BCUT2D eigenvalue weighted by Crippen LogP contribution is -2.44. The molecule has 6 rings (SSSR count). The van der Waals surface area contributed by atoms with Gasteiger partial charge in [-0.2, -0.15) is 0 Å². The average Bonchev–Trinajstić information content (AvgIpc) is 3.67. The number of aromatic nitrogens is 5. The van der Waals surface area contributed by atoms with Crippen LogP contribution in [0.15, 0.2) is 83.6 Å². The van der Waals surface area contributed by atoms with Crippen LogP contribution in [0.2, 0.25) is 5.02 Å². The number of benzene rings is 2. The molecule has 0 aliphatic carbocycles. The summed E-state index contributed by atoms with van der Waals surface area (Å²) >= 11 is 9.39. The molecule has 4 heterocycles. The maximum absolute atomic E-state index is 13.0. The number of rotatable bonds is 9. The van der Waals surface area contributed by atoms with Gasteiger partial charge in [0.1, 0.15) is 10.7 Å². The van der Waals surface area contributed by atoms with Crippen molar-refractivity contribution in [3.63, 3.8) is 0 Å². The van der Waals surface area contributed by atoms with E-state index in [0.29, 0.717) is 22.3 Å². The molecule has 214 valence electrons. The fourth-order valence-electron chi connectivity index (χ4n) is 5.04. The summed E-state index contributed by atoms with van der Waals surface area (Å²) in [4.78, 5) is 24.2. The summed E-state index contributed by atoms with van der Waals surface area (Å²) in [6.07, 6.45) is 5.35. The van der Waals surface area contributed by atoms with Crippen LogP contribution < -0.4 is 5.32 Å². The highest BCUT2D eigenvalue weighted by molar-refractivity contribution is 7.98. The van der Waals surface area contributed by atoms with Gasteiger partial charge >= 0.3 is 0 Å². The Kier molecular flexibility index (Phi) is 8.95. The van der Waals surface area contributed by atoms with Gasteiger partial charge in [0, 0.05) is 54.0 Å². The lowest BCUT2D eigenvalue weighted by molar-refractivity contribution is 0.0904. The van der Waals surface area contributed by atoms with Gasteiger partial charge in [0.15, 0.2) is 11.0 Å². The molecule has 42 heavy (non-hydrogen) atoms. The first-order valence-electron chi connectivity index (χ1n) is 13.8. The number of carbonyl (C=O) groups excluding carboxylic acids is 1. The fourth-order valence-corrected chi connectivity index (χ4v) is 6.94. The Labute approximate surface area is 258 Å². The van der Waals surface area contributed by atoms with E-state index >= 15 is 0 Å². The summed E-state index contributed by atoms with van der Waals surface area (Å²) in [7, 11) is 0. The predicted octanol–water partition coefficient (Wildman–Crippen LogP) is 6.43. The van der Waals surface area contributed by atoms with E-state index in [1.165, 1.54) is 28.7 Å². The lowest BCUT2D eigenvalue weighted by Gasteiger charge is -2.32. The quantitative estimate of drug-likeness (QED) is 0.191. The van der Waals surface area contributed by atoms with Crippen LogP contribution in [-0.4, -0.2) is 54.7 Å². The Hall–Kier alpha value is -3.57. The monoisotopic (exact) mass is 615 g/mol. The van der Waals surface area contributed by atoms with Gasteiger partial charge in [0.2, 0.25) is 0 Å². The summed E-state index contributed by atoms with van der Waals surface area (Å²) in [6.45, 7) is 4.92. The number of pyridine rings is 1. The van der Waals surface area contributed by atoms with Crippen molar-refractivity contribution in [1.82, 2.24) is 34.9 Å². The van der Waals surface area contributed by atoms with Crippen LogP contribution in [0.4, 0.5) is 0 Å². The molecule has 2 aromatic carbocycles. The molecule has 5 aromatic rings. The zero-order valence-corrected chi connectivity index (χ0v) is 25.5. The molecule has 0 atom stereocenters. The van der Waals surface area contributed by atoms with E-state index in [1.807, 2.05) is 53.3 Å². The molecular formula is C31H30ClN7OS2. The molecule has 1 aliphatic rings. The molecule has 0 unspecified atom stereocenters. The van der Waals surface area contributed by atoms with E-state index in [9.17, 15) is 4.79 Å². The number of hydrogen-bond donors (Lipinski definition) is 1. The number of carbonyl (C=O) groups is 1. The third-order valence-corrected chi connectivity index (χ3v) is 9.47. The van der Waals surface area contributed by atoms with Crippen molar-refractivity contribution in [3.05, 3.63) is 105 Å². The normalized spacial score (nSPS) is 14.2. The number of halogens is 1. The molecule has 0 saturated carbocycles. The van der Waals surface area contributed by atoms with Crippen LogP contribution in [0.5, 0.6) is 0 Å². The smallest absolute Gasteiger partial charge is 0.270 e. The lowest BCUT2D eigenvalue weighted by atomic mass is 10.0. The van der Waals surface area contributed by atoms with Crippen LogP contribution in [0, 0.1) is 6.92 Å². The van der Waals surface area contributed by atoms with E-state index in [0.717, 1.165) is 59.5 Å². The maximum atomic E-state index is 13.0. The van der Waals surface area contributed by atoms with Crippen molar-refractivity contribution in [1.29, 1.82) is 0 Å². The third kappa shape index (κ3) is 6.73. The van der Waals surface area contributed by atoms with Crippen molar-refractivity contribution in [2.75, 3.05) is 13.1 Å². The summed E-state index contributed by atoms with van der Waals surface area (Å²) in [5, 5.41) is 16.3. The van der Waals surface area contributed by atoms with Crippen molar-refractivity contribution in [2.45, 2.75) is 43.3 Å². The van der Waals surface area contributed by atoms with Crippen LogP contribution in [0.1, 0.15) is 39.5 Å². The average molecular weight is 616 g/mol. The highest BCUT2D eigenvalue weighted by Gasteiger charge is 2.23. The molecule has 0 radical (unpaired) electrons. The van der Waals surface area contributed by atoms with Crippen molar-refractivity contribution in [2.24, 2.45) is 0 Å². The zero-order chi connectivity index (χ0) is 28.9. The minimum absolute atomic E-state index is 0.110. The van der Waals surface area contributed by atoms with Gasteiger partial charge in [-0.15, -0.1) is 21.5 Å². The standard InChI is InChI=1S/C31H30ClN7OS2/c1-21-7-8-24(32)17-27(21)39-29(23-9-13-33-14-10-23)36-37-31(39)42-20-28-35-26(19-41-28)30(40)34-25-11-15-38(16-12-25)18-22-5-3-2-4-6-22/h2-10,13-14,17,19,25H,11-12,15-16,18,20H2,1H3,(H,34,40). The van der Waals surface area contributed by atoms with Crippen LogP contribution in [0.25, 0.3) is 17.1 Å². The number of likely N-dealkylation sites (tertiary alicyclic amines) is 1. The van der Waals surface area contributed by atoms with Crippen LogP contribution in [0.3, 0.4) is 0 Å². The highest BCUT2D eigenvalue weighted by atomic mass is 35.5. The predicted molar refractivity (Wildman–Crippen MR) is 168 cm³/mol. The molecule has 1 fully saturated rings. The van der Waals surface area contributed by atoms with E-state index in [1.54, 1.807) is 12.4 Å². The van der Waals surface area contributed by atoms with E-state index in [-0.39, 0.29) is 11.9 Å². The number of aryl methyl sites for hydroxylation is 1. The molecule has 11 heteroatoms. The Balaban J connectivity index is 1.10. The first kappa shape index (κ1) is 28.5. The second-order valence-corrected chi connectivity index (χ2v) is 12.6. The molecule has 1 amide bonds. The van der Waals surface area contributed by atoms with E-state index in [4.69, 9.17) is 11.6 Å². The molecular weight excluding hydrogens is 586 g/mol. The number of amides is 1. The first-order valence-corrected chi connectivity index (χ1v) is 16.0. The third-order valence-electron chi connectivity index (χ3n) is 7.26. The molecule has 1 N–H and O–H groups in total. The molecule has 3 aromatic heterocycles. The van der Waals surface area contributed by atoms with Gasteiger partial charge in [-0.25, -0.2) is 4.98 Å². The Morgan fingerprint density at radius 3 is 2.64 bits per heavy atom. The van der Waals surface area contributed by atoms with Crippen LogP contribution in [-0.2, 0) is 12.3 Å². The number of thiazole rings is 1. The molecule has 0 bridgehead atoms. The first-order chi connectivity index (χ1) is 20.5. The summed E-state index contributed by atoms with van der Waals surface area (Å²) < 4.78 is 2.02. The summed E-state index contributed by atoms with van der Waals surface area (Å²) in [5.41, 5.74) is 4.66. The fraction of sp³-hybridized carbons (Fsp3) is 0.258. The number of hydrogen-bond acceptors (Lipinski definition) is 8. The number of nitrogens with zero attached hydrogens (tertiary/aromatic N) is 6. The van der Waals surface area contributed by atoms with Crippen molar-refractivity contribution < 1.29 is 4.79 Å². The minimum Gasteiger partial charge on any atom is -0.348 e. The minimum atomic E-state index is -0.110. The number of thioether (sulfide) groups is 1. The topological polar surface area (TPSA) is 88.8 Å². The van der Waals surface area contributed by atoms with Gasteiger partial charge in [-0.05, 0) is 55.2 Å². The SMILES string of the molecule is Cc1ccc(Cl)cc1-n1c(SCc2nc(C(=O)NC3CCN(Cc4ccccc4)CC3)cs2)nnc1-c1ccncc1. The molecule has 0 spiro atoms. The van der Waals surface area contributed by atoms with Gasteiger partial charge in [0.05, 0.1) is 11.4 Å². The Morgan fingerprint density at radius 1 is 1.07 bits per heavy atom. The van der Waals surface area contributed by atoms with Gasteiger partial charge in [0.25, 0.3) is 5.91 Å². The van der Waals surface area contributed by atoms with Crippen LogP contribution >= 0.6 is 34.7 Å². The van der Waals surface area contributed by atoms with E-state index in [2.05, 4.69) is 54.6 Å². The number of nitrogens with one attached hydrogen (secondary N) is 1. The van der Waals surface area contributed by atoms with Gasteiger partial charge in [-0.3, -0.25) is 19.2 Å². The molecule has 8 nitrogen and oxygen atoms in total. The maximum Gasteiger partial charge on any atom is 0.270 e. The van der Waals surface area contributed by atoms with Gasteiger partial charge < -0.3 is 5.32 Å². The van der Waals surface area contributed by atoms with Crippen molar-refractivity contribution in [3.8, 4) is 17.1 Å². The van der Waals surface area contributed by atoms with E-state index < -0.39 is 0 Å². The Bertz CT molecular complexity index is 1650. The second kappa shape index (κ2) is 13.2. The highest BCUT2D eigenvalue weighted by Crippen LogP contribution is 2.32. The summed E-state index contributed by atoms with van der Waals surface area (Å²) in [5.74, 6) is 1.16. The molecule has 1 saturated heterocycles. The second-order valence-electron chi connectivity index (χ2n) is 10.2.